The zero-order chi connectivity index (χ0) is 14.2. The van der Waals surface area contributed by atoms with Crippen molar-refractivity contribution in [3.63, 3.8) is 0 Å². The first-order valence-electron chi connectivity index (χ1n) is 6.00. The normalized spacial score (nSPS) is 15.2. The third-order valence-electron chi connectivity index (χ3n) is 3.13. The standard InChI is InChI=1S/C13H13NO4S2/c14-7-12(20(15,16)13-2-1-5-19-13)9-3-4-10-11(6-9)18-8-17-10/h1-6,12H,7-8,14H2. The van der Waals surface area contributed by atoms with Gasteiger partial charge in [-0.2, -0.15) is 0 Å². The predicted octanol–water partition coefficient (Wildman–Crippen LogP) is 1.95. The first-order chi connectivity index (χ1) is 9.63. The van der Waals surface area contributed by atoms with E-state index in [1.807, 2.05) is 0 Å². The number of thiophene rings is 1. The van der Waals surface area contributed by atoms with Crippen LogP contribution in [0.2, 0.25) is 0 Å². The Hall–Kier alpha value is -1.57. The summed E-state index contributed by atoms with van der Waals surface area (Å²) in [7, 11) is -3.48. The molecule has 106 valence electrons. The summed E-state index contributed by atoms with van der Waals surface area (Å²) >= 11 is 1.19. The Morgan fingerprint density at radius 1 is 1.25 bits per heavy atom. The van der Waals surface area contributed by atoms with Gasteiger partial charge in [-0.25, -0.2) is 8.42 Å². The van der Waals surface area contributed by atoms with E-state index in [0.29, 0.717) is 21.3 Å². The minimum Gasteiger partial charge on any atom is -0.454 e. The molecule has 0 aliphatic carbocycles. The molecular formula is C13H13NO4S2. The fourth-order valence-corrected chi connectivity index (χ4v) is 4.93. The van der Waals surface area contributed by atoms with Gasteiger partial charge in [-0.15, -0.1) is 11.3 Å². The van der Waals surface area contributed by atoms with Crippen molar-refractivity contribution < 1.29 is 17.9 Å². The van der Waals surface area contributed by atoms with Crippen LogP contribution in [-0.4, -0.2) is 21.8 Å². The Morgan fingerprint density at radius 3 is 2.75 bits per heavy atom. The molecule has 1 aromatic heterocycles. The van der Waals surface area contributed by atoms with E-state index in [4.69, 9.17) is 15.2 Å². The number of benzene rings is 1. The lowest BCUT2D eigenvalue weighted by molar-refractivity contribution is 0.174. The summed E-state index contributed by atoms with van der Waals surface area (Å²) in [5.74, 6) is 1.18. The van der Waals surface area contributed by atoms with Crippen molar-refractivity contribution in [1.82, 2.24) is 0 Å². The highest BCUT2D eigenvalue weighted by Crippen LogP contribution is 2.37. The van der Waals surface area contributed by atoms with E-state index in [0.717, 1.165) is 0 Å². The molecule has 1 aliphatic heterocycles. The van der Waals surface area contributed by atoms with E-state index in [9.17, 15) is 8.42 Å². The Morgan fingerprint density at radius 2 is 2.05 bits per heavy atom. The van der Waals surface area contributed by atoms with Gasteiger partial charge < -0.3 is 15.2 Å². The molecule has 1 unspecified atom stereocenters. The van der Waals surface area contributed by atoms with E-state index in [2.05, 4.69) is 0 Å². The molecule has 1 atom stereocenters. The van der Waals surface area contributed by atoms with Crippen LogP contribution in [0, 0.1) is 0 Å². The van der Waals surface area contributed by atoms with Crippen molar-refractivity contribution in [3.05, 3.63) is 41.3 Å². The topological polar surface area (TPSA) is 78.6 Å². The van der Waals surface area contributed by atoms with Crippen LogP contribution in [0.1, 0.15) is 10.8 Å². The molecule has 3 rings (SSSR count). The minimum absolute atomic E-state index is 0.0138. The van der Waals surface area contributed by atoms with Crippen LogP contribution >= 0.6 is 11.3 Å². The van der Waals surface area contributed by atoms with Crippen molar-refractivity contribution in [3.8, 4) is 11.5 Å². The second-order valence-electron chi connectivity index (χ2n) is 4.31. The Balaban J connectivity index is 2.02. The number of rotatable bonds is 4. The van der Waals surface area contributed by atoms with Gasteiger partial charge in [0, 0.05) is 6.54 Å². The molecule has 0 spiro atoms. The van der Waals surface area contributed by atoms with E-state index in [1.54, 1.807) is 35.7 Å². The van der Waals surface area contributed by atoms with Gasteiger partial charge in [0.2, 0.25) is 6.79 Å². The monoisotopic (exact) mass is 311 g/mol. The number of ether oxygens (including phenoxy) is 2. The Labute approximate surface area is 120 Å². The second-order valence-corrected chi connectivity index (χ2v) is 7.62. The SMILES string of the molecule is NCC(c1ccc2c(c1)OCO2)S(=O)(=O)c1cccs1. The molecule has 1 aromatic carbocycles. The zero-order valence-corrected chi connectivity index (χ0v) is 12.1. The van der Waals surface area contributed by atoms with Crippen molar-refractivity contribution in [2.24, 2.45) is 5.73 Å². The van der Waals surface area contributed by atoms with Crippen LogP contribution in [0.3, 0.4) is 0 Å². The molecule has 0 saturated heterocycles. The van der Waals surface area contributed by atoms with E-state index in [1.165, 1.54) is 11.3 Å². The summed E-state index contributed by atoms with van der Waals surface area (Å²) in [4.78, 5) is 0. The van der Waals surface area contributed by atoms with E-state index in [-0.39, 0.29) is 13.3 Å². The average molecular weight is 311 g/mol. The summed E-state index contributed by atoms with van der Waals surface area (Å²) in [5, 5.41) is 0.954. The summed E-state index contributed by atoms with van der Waals surface area (Å²) < 4.78 is 36.0. The number of hydrogen-bond donors (Lipinski definition) is 1. The molecule has 0 fully saturated rings. The highest BCUT2D eigenvalue weighted by atomic mass is 32.2. The number of hydrogen-bond acceptors (Lipinski definition) is 6. The third kappa shape index (κ3) is 2.17. The molecule has 2 heterocycles. The maximum absolute atomic E-state index is 12.6. The number of nitrogens with two attached hydrogens (primary N) is 1. The maximum Gasteiger partial charge on any atom is 0.231 e. The van der Waals surface area contributed by atoms with Gasteiger partial charge in [0.1, 0.15) is 9.46 Å². The quantitative estimate of drug-likeness (QED) is 0.933. The molecule has 0 amide bonds. The van der Waals surface area contributed by atoms with Crippen LogP contribution in [0.5, 0.6) is 11.5 Å². The van der Waals surface area contributed by atoms with E-state index < -0.39 is 15.1 Å². The summed E-state index contributed by atoms with van der Waals surface area (Å²) in [6.07, 6.45) is 0. The molecule has 2 aromatic rings. The second kappa shape index (κ2) is 5.08. The molecule has 0 radical (unpaired) electrons. The van der Waals surface area contributed by atoms with Crippen LogP contribution in [0.4, 0.5) is 0 Å². The van der Waals surface area contributed by atoms with Crippen molar-refractivity contribution >= 4 is 21.2 Å². The van der Waals surface area contributed by atoms with Gasteiger partial charge in [0.25, 0.3) is 0 Å². The molecule has 0 saturated carbocycles. The predicted molar refractivity (Wildman–Crippen MR) is 75.9 cm³/mol. The highest BCUT2D eigenvalue weighted by Gasteiger charge is 2.30. The van der Waals surface area contributed by atoms with Crippen molar-refractivity contribution in [2.45, 2.75) is 9.46 Å². The lowest BCUT2D eigenvalue weighted by Gasteiger charge is -2.15. The number of fused-ring (bicyclic) bond motifs is 1. The molecule has 0 bridgehead atoms. The summed E-state index contributed by atoms with van der Waals surface area (Å²) in [6.45, 7) is 0.170. The maximum atomic E-state index is 12.6. The molecule has 5 nitrogen and oxygen atoms in total. The largest absolute Gasteiger partial charge is 0.454 e. The fourth-order valence-electron chi connectivity index (χ4n) is 2.12. The van der Waals surface area contributed by atoms with Gasteiger partial charge >= 0.3 is 0 Å². The summed E-state index contributed by atoms with van der Waals surface area (Å²) in [5.41, 5.74) is 6.31. The lowest BCUT2D eigenvalue weighted by Crippen LogP contribution is -2.21. The van der Waals surface area contributed by atoms with E-state index >= 15 is 0 Å². The van der Waals surface area contributed by atoms with Crippen LogP contribution < -0.4 is 15.2 Å². The molecular weight excluding hydrogens is 298 g/mol. The summed E-state index contributed by atoms with van der Waals surface area (Å²) in [6, 6.07) is 8.42. The third-order valence-corrected chi connectivity index (χ3v) is 6.69. The number of sulfone groups is 1. The van der Waals surface area contributed by atoms with Gasteiger partial charge in [0.15, 0.2) is 21.3 Å². The average Bonchev–Trinajstić information content (AvgIpc) is 3.10. The van der Waals surface area contributed by atoms with Crippen LogP contribution in [-0.2, 0) is 9.84 Å². The van der Waals surface area contributed by atoms with Gasteiger partial charge in [-0.3, -0.25) is 0 Å². The highest BCUT2D eigenvalue weighted by molar-refractivity contribution is 7.93. The zero-order valence-electron chi connectivity index (χ0n) is 10.5. The Kier molecular flexibility index (Phi) is 3.41. The van der Waals surface area contributed by atoms with Crippen molar-refractivity contribution in [2.75, 3.05) is 13.3 Å². The first-order valence-corrected chi connectivity index (χ1v) is 8.42. The van der Waals surface area contributed by atoms with Crippen molar-refractivity contribution in [1.29, 1.82) is 0 Å². The van der Waals surface area contributed by atoms with Crippen LogP contribution in [0.15, 0.2) is 39.9 Å². The molecule has 20 heavy (non-hydrogen) atoms. The van der Waals surface area contributed by atoms with Gasteiger partial charge in [0.05, 0.1) is 0 Å². The fraction of sp³-hybridized carbons (Fsp3) is 0.231. The van der Waals surface area contributed by atoms with Gasteiger partial charge in [-0.05, 0) is 29.1 Å². The first kappa shape index (κ1) is 13.4. The molecule has 7 heteroatoms. The Bertz CT molecular complexity index is 710. The molecule has 2 N–H and O–H groups in total. The van der Waals surface area contributed by atoms with Crippen LogP contribution in [0.25, 0.3) is 0 Å². The lowest BCUT2D eigenvalue weighted by atomic mass is 10.1. The van der Waals surface area contributed by atoms with Gasteiger partial charge in [-0.1, -0.05) is 12.1 Å². The molecule has 1 aliphatic rings. The minimum atomic E-state index is -3.48. The smallest absolute Gasteiger partial charge is 0.231 e.